The van der Waals surface area contributed by atoms with Crippen molar-refractivity contribution in [1.29, 1.82) is 0 Å². The lowest BCUT2D eigenvalue weighted by Gasteiger charge is -2.48. The van der Waals surface area contributed by atoms with E-state index in [0.717, 1.165) is 45.0 Å². The van der Waals surface area contributed by atoms with Crippen molar-refractivity contribution in [2.24, 2.45) is 7.05 Å². The zero-order valence-corrected chi connectivity index (χ0v) is 16.3. The van der Waals surface area contributed by atoms with Gasteiger partial charge < -0.3 is 9.80 Å². The number of rotatable bonds is 3. The van der Waals surface area contributed by atoms with Crippen molar-refractivity contribution in [2.45, 2.75) is 6.04 Å². The first-order valence-corrected chi connectivity index (χ1v) is 9.91. The zero-order chi connectivity index (χ0) is 20.0. The van der Waals surface area contributed by atoms with E-state index < -0.39 is 0 Å². The van der Waals surface area contributed by atoms with Gasteiger partial charge >= 0.3 is 0 Å². The number of pyridine rings is 1. The molecule has 0 bridgehead atoms. The summed E-state index contributed by atoms with van der Waals surface area (Å²) in [6.07, 6.45) is 1.66. The molecule has 1 aromatic carbocycles. The number of anilines is 2. The second kappa shape index (κ2) is 7.11. The molecule has 3 aromatic rings. The number of piperazine rings is 1. The highest BCUT2D eigenvalue weighted by atomic mass is 19.1. The number of halogens is 1. The predicted molar refractivity (Wildman–Crippen MR) is 111 cm³/mol. The fourth-order valence-corrected chi connectivity index (χ4v) is 4.22. The van der Waals surface area contributed by atoms with Gasteiger partial charge in [0.15, 0.2) is 5.65 Å². The first-order valence-electron chi connectivity index (χ1n) is 9.91. The molecule has 0 N–H and O–H groups in total. The van der Waals surface area contributed by atoms with Crippen LogP contribution in [0.15, 0.2) is 47.4 Å². The summed E-state index contributed by atoms with van der Waals surface area (Å²) in [5.74, 6) is 0.483. The summed E-state index contributed by atoms with van der Waals surface area (Å²) in [6, 6.07) is 10.7. The molecule has 0 atom stereocenters. The Kier molecular flexibility index (Phi) is 4.43. The van der Waals surface area contributed by atoms with Crippen LogP contribution >= 0.6 is 0 Å². The van der Waals surface area contributed by atoms with E-state index in [-0.39, 0.29) is 11.4 Å². The number of benzene rings is 1. The highest BCUT2D eigenvalue weighted by Gasteiger charge is 2.35. The summed E-state index contributed by atoms with van der Waals surface area (Å²) in [5, 5.41) is 0.549. The Balaban J connectivity index is 1.23. The summed E-state index contributed by atoms with van der Waals surface area (Å²) >= 11 is 0. The Morgan fingerprint density at radius 1 is 1.00 bits per heavy atom. The molecule has 4 heterocycles. The molecule has 2 aromatic heterocycles. The minimum Gasteiger partial charge on any atom is -0.369 e. The quantitative estimate of drug-likeness (QED) is 0.671. The second-order valence-corrected chi connectivity index (χ2v) is 7.71. The summed E-state index contributed by atoms with van der Waals surface area (Å²) < 4.78 is 14.7. The molecule has 7 nitrogen and oxygen atoms in total. The summed E-state index contributed by atoms with van der Waals surface area (Å²) in [6.45, 7) is 5.52. The first kappa shape index (κ1) is 18.1. The van der Waals surface area contributed by atoms with Crippen molar-refractivity contribution in [2.75, 3.05) is 49.1 Å². The van der Waals surface area contributed by atoms with Crippen LogP contribution in [0.2, 0.25) is 0 Å². The van der Waals surface area contributed by atoms with Gasteiger partial charge in [-0.25, -0.2) is 9.37 Å². The zero-order valence-electron chi connectivity index (χ0n) is 16.3. The number of nitrogens with zero attached hydrogens (tertiary/aromatic N) is 6. The maximum Gasteiger partial charge on any atom is 0.264 e. The maximum atomic E-state index is 13.1. The van der Waals surface area contributed by atoms with Crippen LogP contribution in [-0.4, -0.2) is 64.7 Å². The molecule has 0 radical (unpaired) electrons. The smallest absolute Gasteiger partial charge is 0.264 e. The van der Waals surface area contributed by atoms with Crippen molar-refractivity contribution in [3.8, 4) is 0 Å². The van der Waals surface area contributed by atoms with Crippen LogP contribution in [0, 0.1) is 5.82 Å². The minimum absolute atomic E-state index is 0.0607. The second-order valence-electron chi connectivity index (χ2n) is 7.71. The molecule has 0 spiro atoms. The highest BCUT2D eigenvalue weighted by Crippen LogP contribution is 2.24. The third kappa shape index (κ3) is 3.23. The Morgan fingerprint density at radius 3 is 2.45 bits per heavy atom. The van der Waals surface area contributed by atoms with Crippen molar-refractivity contribution in [1.82, 2.24) is 19.4 Å². The van der Waals surface area contributed by atoms with Crippen LogP contribution in [0.3, 0.4) is 0 Å². The molecule has 2 aliphatic rings. The monoisotopic (exact) mass is 394 g/mol. The van der Waals surface area contributed by atoms with Gasteiger partial charge in [0.2, 0.25) is 5.95 Å². The van der Waals surface area contributed by atoms with Gasteiger partial charge in [0.25, 0.3) is 5.56 Å². The summed E-state index contributed by atoms with van der Waals surface area (Å²) in [4.78, 5) is 28.4. The van der Waals surface area contributed by atoms with E-state index in [2.05, 4.69) is 24.7 Å². The molecule has 2 saturated heterocycles. The van der Waals surface area contributed by atoms with E-state index in [0.29, 0.717) is 23.0 Å². The molecular formula is C21H23FN6O. The number of aromatic nitrogens is 3. The van der Waals surface area contributed by atoms with E-state index >= 15 is 0 Å². The minimum atomic E-state index is -0.200. The molecule has 2 aliphatic heterocycles. The molecule has 0 saturated carbocycles. The highest BCUT2D eigenvalue weighted by molar-refractivity contribution is 5.74. The molecule has 0 amide bonds. The Labute approximate surface area is 168 Å². The molecule has 29 heavy (non-hydrogen) atoms. The third-order valence-corrected chi connectivity index (χ3v) is 6.00. The number of hydrogen-bond acceptors (Lipinski definition) is 6. The van der Waals surface area contributed by atoms with Crippen molar-refractivity contribution in [3.05, 3.63) is 58.8 Å². The van der Waals surface area contributed by atoms with Gasteiger partial charge in [-0.1, -0.05) is 0 Å². The average molecular weight is 394 g/mol. The molecule has 5 rings (SSSR count). The molecule has 0 aliphatic carbocycles. The van der Waals surface area contributed by atoms with E-state index in [1.54, 1.807) is 29.9 Å². The lowest BCUT2D eigenvalue weighted by atomic mass is 10.1. The lowest BCUT2D eigenvalue weighted by Crippen LogP contribution is -2.64. The summed E-state index contributed by atoms with van der Waals surface area (Å²) in [5.41, 5.74) is 1.51. The van der Waals surface area contributed by atoms with Crippen LogP contribution in [0.1, 0.15) is 0 Å². The van der Waals surface area contributed by atoms with E-state index in [4.69, 9.17) is 0 Å². The predicted octanol–water partition coefficient (Wildman–Crippen LogP) is 1.48. The SMILES string of the molecule is Cn1c(N2CC(N3CCN(c4ccc(F)cc4)CC3)C2)nc2ncccc2c1=O. The molecule has 150 valence electrons. The normalized spacial score (nSPS) is 18.3. The van der Waals surface area contributed by atoms with Crippen LogP contribution in [-0.2, 0) is 7.05 Å². The van der Waals surface area contributed by atoms with Gasteiger partial charge in [-0.2, -0.15) is 4.98 Å². The largest absolute Gasteiger partial charge is 0.369 e. The van der Waals surface area contributed by atoms with E-state index in [1.807, 2.05) is 12.1 Å². The number of fused-ring (bicyclic) bond motifs is 1. The van der Waals surface area contributed by atoms with E-state index in [1.165, 1.54) is 12.1 Å². The van der Waals surface area contributed by atoms with Crippen molar-refractivity contribution < 1.29 is 4.39 Å². The topological polar surface area (TPSA) is 57.5 Å². The van der Waals surface area contributed by atoms with Gasteiger partial charge in [-0.3, -0.25) is 14.3 Å². The van der Waals surface area contributed by atoms with Crippen LogP contribution in [0.25, 0.3) is 11.0 Å². The number of hydrogen-bond donors (Lipinski definition) is 0. The van der Waals surface area contributed by atoms with Crippen molar-refractivity contribution in [3.63, 3.8) is 0 Å². The maximum absolute atomic E-state index is 13.1. The fraction of sp³-hybridized carbons (Fsp3) is 0.381. The average Bonchev–Trinajstić information content (AvgIpc) is 2.72. The standard InChI is InChI=1S/C21H23FN6O/c1-25-20(29)18-3-2-8-23-19(18)24-21(25)28-13-17(14-28)27-11-9-26(10-12-27)16-6-4-15(22)5-7-16/h2-8,17H,9-14H2,1H3. The Morgan fingerprint density at radius 2 is 1.72 bits per heavy atom. The Bertz CT molecular complexity index is 1080. The fourth-order valence-electron chi connectivity index (χ4n) is 4.22. The molecular weight excluding hydrogens is 371 g/mol. The van der Waals surface area contributed by atoms with Gasteiger partial charge in [0.05, 0.1) is 5.39 Å². The van der Waals surface area contributed by atoms with Crippen LogP contribution in [0.4, 0.5) is 16.0 Å². The van der Waals surface area contributed by atoms with Gasteiger partial charge in [0.1, 0.15) is 5.82 Å². The van der Waals surface area contributed by atoms with E-state index in [9.17, 15) is 9.18 Å². The molecule has 2 fully saturated rings. The summed E-state index contributed by atoms with van der Waals surface area (Å²) in [7, 11) is 1.77. The van der Waals surface area contributed by atoms with Gasteiger partial charge in [-0.15, -0.1) is 0 Å². The first-order chi connectivity index (χ1) is 14.1. The Hall–Kier alpha value is -3.00. The third-order valence-electron chi connectivity index (χ3n) is 6.00. The van der Waals surface area contributed by atoms with Gasteiger partial charge in [-0.05, 0) is 36.4 Å². The lowest BCUT2D eigenvalue weighted by molar-refractivity contribution is 0.155. The molecule has 8 heteroatoms. The van der Waals surface area contributed by atoms with Gasteiger partial charge in [0, 0.05) is 64.2 Å². The van der Waals surface area contributed by atoms with Crippen LogP contribution < -0.4 is 15.4 Å². The van der Waals surface area contributed by atoms with Crippen molar-refractivity contribution >= 4 is 22.7 Å². The molecule has 0 unspecified atom stereocenters. The van der Waals surface area contributed by atoms with Crippen LogP contribution in [0.5, 0.6) is 0 Å².